The minimum Gasteiger partial charge on any atom is -0.381 e. The molecule has 2 rings (SSSR count). The first-order valence-corrected chi connectivity index (χ1v) is 7.14. The van der Waals surface area contributed by atoms with Crippen LogP contribution in [0.15, 0.2) is 36.7 Å². The molecule has 0 radical (unpaired) electrons. The van der Waals surface area contributed by atoms with E-state index < -0.39 is 0 Å². The quantitative estimate of drug-likeness (QED) is 0.841. The van der Waals surface area contributed by atoms with Crippen molar-refractivity contribution in [3.8, 4) is 5.69 Å². The maximum atomic E-state index is 6.10. The molecule has 1 heterocycles. The maximum absolute atomic E-state index is 6.10. The van der Waals surface area contributed by atoms with Gasteiger partial charge in [-0.05, 0) is 37.6 Å². The fourth-order valence-corrected chi connectivity index (χ4v) is 2.26. The molecule has 1 aromatic heterocycles. The molecule has 19 heavy (non-hydrogen) atoms. The summed E-state index contributed by atoms with van der Waals surface area (Å²) in [5.74, 6) is 0. The molecule has 0 saturated carbocycles. The second-order valence-electron chi connectivity index (χ2n) is 4.80. The highest BCUT2D eigenvalue weighted by atomic mass is 35.5. The summed E-state index contributed by atoms with van der Waals surface area (Å²) in [6.07, 6.45) is 7.31. The van der Waals surface area contributed by atoms with Crippen LogP contribution < -0.4 is 5.32 Å². The van der Waals surface area contributed by atoms with E-state index in [9.17, 15) is 0 Å². The van der Waals surface area contributed by atoms with Crippen LogP contribution in [0, 0.1) is 0 Å². The van der Waals surface area contributed by atoms with Crippen molar-refractivity contribution in [1.82, 2.24) is 9.78 Å². The van der Waals surface area contributed by atoms with E-state index in [2.05, 4.69) is 24.3 Å². The number of anilines is 1. The SMILES string of the molecule is CCCCC(C)Nc1cc(Cl)ccc1-n1cccn1. The van der Waals surface area contributed by atoms with Gasteiger partial charge < -0.3 is 5.32 Å². The minimum atomic E-state index is 0.424. The normalized spacial score (nSPS) is 12.4. The standard InChI is InChI=1S/C15H20ClN3/c1-3-4-6-12(2)18-14-11-13(16)7-8-15(14)19-10-5-9-17-19/h5,7-12,18H,3-4,6H2,1-2H3. The van der Waals surface area contributed by atoms with Gasteiger partial charge in [-0.1, -0.05) is 31.4 Å². The van der Waals surface area contributed by atoms with Crippen molar-refractivity contribution in [3.63, 3.8) is 0 Å². The predicted octanol–water partition coefficient (Wildman–Crippen LogP) is 4.52. The molecule has 3 nitrogen and oxygen atoms in total. The minimum absolute atomic E-state index is 0.424. The van der Waals surface area contributed by atoms with Gasteiger partial charge in [0.1, 0.15) is 0 Å². The third-order valence-corrected chi connectivity index (χ3v) is 3.34. The summed E-state index contributed by atoms with van der Waals surface area (Å²) in [5, 5.41) is 8.55. The Morgan fingerprint density at radius 2 is 2.26 bits per heavy atom. The van der Waals surface area contributed by atoms with Gasteiger partial charge in [-0.15, -0.1) is 0 Å². The fourth-order valence-electron chi connectivity index (χ4n) is 2.08. The molecule has 1 atom stereocenters. The first-order chi connectivity index (χ1) is 9.20. The average molecular weight is 278 g/mol. The molecular formula is C15H20ClN3. The molecule has 1 unspecified atom stereocenters. The highest BCUT2D eigenvalue weighted by molar-refractivity contribution is 6.31. The third kappa shape index (κ3) is 3.74. The number of hydrogen-bond acceptors (Lipinski definition) is 2. The van der Waals surface area contributed by atoms with Crippen LogP contribution >= 0.6 is 11.6 Å². The average Bonchev–Trinajstić information content (AvgIpc) is 2.90. The van der Waals surface area contributed by atoms with Crippen LogP contribution in [0.25, 0.3) is 5.69 Å². The highest BCUT2D eigenvalue weighted by Gasteiger charge is 2.09. The zero-order valence-electron chi connectivity index (χ0n) is 11.4. The molecule has 102 valence electrons. The van der Waals surface area contributed by atoms with Gasteiger partial charge in [0.2, 0.25) is 0 Å². The van der Waals surface area contributed by atoms with Gasteiger partial charge >= 0.3 is 0 Å². The third-order valence-electron chi connectivity index (χ3n) is 3.10. The second-order valence-corrected chi connectivity index (χ2v) is 5.24. The monoisotopic (exact) mass is 277 g/mol. The van der Waals surface area contributed by atoms with Gasteiger partial charge in [0.05, 0.1) is 11.4 Å². The number of hydrogen-bond donors (Lipinski definition) is 1. The number of rotatable bonds is 6. The van der Waals surface area contributed by atoms with Crippen LogP contribution in [0.3, 0.4) is 0 Å². The number of nitrogens with zero attached hydrogens (tertiary/aromatic N) is 2. The molecule has 0 aliphatic rings. The molecule has 0 aliphatic carbocycles. The maximum Gasteiger partial charge on any atom is 0.0877 e. The molecule has 0 spiro atoms. The molecule has 0 bridgehead atoms. The Bertz CT molecular complexity index is 508. The van der Waals surface area contributed by atoms with Crippen molar-refractivity contribution in [3.05, 3.63) is 41.7 Å². The molecule has 1 aromatic carbocycles. The fraction of sp³-hybridized carbons (Fsp3) is 0.400. The Hall–Kier alpha value is -1.48. The Morgan fingerprint density at radius 1 is 1.42 bits per heavy atom. The van der Waals surface area contributed by atoms with Crippen LogP contribution in [0.4, 0.5) is 5.69 Å². The van der Waals surface area contributed by atoms with Crippen molar-refractivity contribution in [1.29, 1.82) is 0 Å². The van der Waals surface area contributed by atoms with E-state index in [1.54, 1.807) is 6.20 Å². The summed E-state index contributed by atoms with van der Waals surface area (Å²) in [6.45, 7) is 4.41. The first kappa shape index (κ1) is 13.9. The van der Waals surface area contributed by atoms with Gasteiger partial charge in [-0.3, -0.25) is 0 Å². The Kier molecular flexibility index (Phi) is 4.86. The molecule has 0 fully saturated rings. The number of halogens is 1. The van der Waals surface area contributed by atoms with Crippen LogP contribution in [0.5, 0.6) is 0 Å². The van der Waals surface area contributed by atoms with Crippen LogP contribution in [0.2, 0.25) is 5.02 Å². The first-order valence-electron chi connectivity index (χ1n) is 6.77. The lowest BCUT2D eigenvalue weighted by atomic mass is 10.1. The van der Waals surface area contributed by atoms with Crippen LogP contribution in [-0.4, -0.2) is 15.8 Å². The van der Waals surface area contributed by atoms with Gasteiger partial charge in [0, 0.05) is 23.5 Å². The number of benzene rings is 1. The second kappa shape index (κ2) is 6.62. The molecule has 2 aromatic rings. The molecule has 0 amide bonds. The molecule has 0 aliphatic heterocycles. The molecule has 0 saturated heterocycles. The largest absolute Gasteiger partial charge is 0.381 e. The summed E-state index contributed by atoms with van der Waals surface area (Å²) >= 11 is 6.10. The smallest absolute Gasteiger partial charge is 0.0877 e. The molecular weight excluding hydrogens is 258 g/mol. The lowest BCUT2D eigenvalue weighted by molar-refractivity contribution is 0.644. The van der Waals surface area contributed by atoms with Crippen LogP contribution in [0.1, 0.15) is 33.1 Å². The van der Waals surface area contributed by atoms with Crippen LogP contribution in [-0.2, 0) is 0 Å². The Morgan fingerprint density at radius 3 is 2.95 bits per heavy atom. The Labute approximate surface area is 119 Å². The number of unbranched alkanes of at least 4 members (excludes halogenated alkanes) is 1. The molecule has 4 heteroatoms. The summed E-state index contributed by atoms with van der Waals surface area (Å²) in [6, 6.07) is 8.18. The Balaban J connectivity index is 2.20. The highest BCUT2D eigenvalue weighted by Crippen LogP contribution is 2.25. The molecule has 1 N–H and O–H groups in total. The van der Waals surface area contributed by atoms with E-state index in [0.29, 0.717) is 6.04 Å². The van der Waals surface area contributed by atoms with Crippen molar-refractivity contribution >= 4 is 17.3 Å². The van der Waals surface area contributed by atoms with E-state index in [1.807, 2.05) is 35.1 Å². The zero-order chi connectivity index (χ0) is 13.7. The van der Waals surface area contributed by atoms with Gasteiger partial charge in [0.25, 0.3) is 0 Å². The van der Waals surface area contributed by atoms with E-state index in [1.165, 1.54) is 12.8 Å². The topological polar surface area (TPSA) is 29.9 Å². The number of nitrogens with one attached hydrogen (secondary N) is 1. The van der Waals surface area contributed by atoms with Crippen molar-refractivity contribution < 1.29 is 0 Å². The van der Waals surface area contributed by atoms with Crippen molar-refractivity contribution in [2.24, 2.45) is 0 Å². The predicted molar refractivity (Wildman–Crippen MR) is 81.2 cm³/mol. The lowest BCUT2D eigenvalue weighted by Gasteiger charge is -2.18. The summed E-state index contributed by atoms with van der Waals surface area (Å²) in [7, 11) is 0. The summed E-state index contributed by atoms with van der Waals surface area (Å²) in [5.41, 5.74) is 2.05. The van der Waals surface area contributed by atoms with Gasteiger partial charge in [0.15, 0.2) is 0 Å². The van der Waals surface area contributed by atoms with Crippen molar-refractivity contribution in [2.45, 2.75) is 39.2 Å². The van der Waals surface area contributed by atoms with E-state index in [-0.39, 0.29) is 0 Å². The summed E-state index contributed by atoms with van der Waals surface area (Å²) < 4.78 is 1.85. The van der Waals surface area contributed by atoms with E-state index >= 15 is 0 Å². The van der Waals surface area contributed by atoms with E-state index in [4.69, 9.17) is 11.6 Å². The number of aromatic nitrogens is 2. The van der Waals surface area contributed by atoms with Gasteiger partial charge in [-0.25, -0.2) is 4.68 Å². The van der Waals surface area contributed by atoms with Crippen molar-refractivity contribution in [2.75, 3.05) is 5.32 Å². The van der Waals surface area contributed by atoms with E-state index in [0.717, 1.165) is 22.8 Å². The lowest BCUT2D eigenvalue weighted by Crippen LogP contribution is -2.16. The van der Waals surface area contributed by atoms with Gasteiger partial charge in [-0.2, -0.15) is 5.10 Å². The zero-order valence-corrected chi connectivity index (χ0v) is 12.2. The summed E-state index contributed by atoms with van der Waals surface area (Å²) in [4.78, 5) is 0.